The molecule has 12 heteroatoms. The van der Waals surface area contributed by atoms with Crippen LogP contribution in [0, 0.1) is 11.8 Å². The van der Waals surface area contributed by atoms with Crippen molar-refractivity contribution in [3.05, 3.63) is 107 Å². The zero-order valence-electron chi connectivity index (χ0n) is 36.5. The minimum atomic E-state index is -0.703. The number of amides is 6. The summed E-state index contributed by atoms with van der Waals surface area (Å²) < 4.78 is 0. The zero-order chi connectivity index (χ0) is 43.8. The second kappa shape index (κ2) is 23.1. The first kappa shape index (κ1) is 46.0. The van der Waals surface area contributed by atoms with Gasteiger partial charge >= 0.3 is 0 Å². The Balaban J connectivity index is 1.01. The molecule has 0 spiro atoms. The van der Waals surface area contributed by atoms with Crippen LogP contribution >= 0.6 is 0 Å². The second-order valence-corrected chi connectivity index (χ2v) is 17.4. The number of rotatable bonds is 24. The van der Waals surface area contributed by atoms with Gasteiger partial charge in [0.05, 0.1) is 11.8 Å². The predicted octanol–water partition coefficient (Wildman–Crippen LogP) is 6.38. The van der Waals surface area contributed by atoms with E-state index in [0.717, 1.165) is 64.2 Å². The third-order valence-electron chi connectivity index (χ3n) is 12.6. The Morgan fingerprint density at radius 1 is 0.597 bits per heavy atom. The van der Waals surface area contributed by atoms with E-state index in [-0.39, 0.29) is 72.5 Å². The third kappa shape index (κ3) is 13.2. The number of benzene rings is 3. The number of likely N-dealkylation sites (tertiary alicyclic amines) is 1. The fourth-order valence-corrected chi connectivity index (χ4v) is 8.62. The number of nitrogens with zero attached hydrogens (tertiary/aromatic N) is 1. The minimum absolute atomic E-state index is 0.0139. The van der Waals surface area contributed by atoms with Crippen molar-refractivity contribution in [3.8, 4) is 0 Å². The topological polar surface area (TPSA) is 166 Å². The Labute approximate surface area is 367 Å². The zero-order valence-corrected chi connectivity index (χ0v) is 36.5. The molecule has 3 fully saturated rings. The summed E-state index contributed by atoms with van der Waals surface area (Å²) in [6, 6.07) is 25.8. The average Bonchev–Trinajstić information content (AvgIpc) is 4.20. The summed E-state index contributed by atoms with van der Waals surface area (Å²) in [5.74, 6) is -2.36. The summed E-state index contributed by atoms with van der Waals surface area (Å²) >= 11 is 0. The van der Waals surface area contributed by atoms with Crippen LogP contribution in [0.2, 0.25) is 0 Å². The van der Waals surface area contributed by atoms with Gasteiger partial charge in [-0.15, -0.1) is 0 Å². The summed E-state index contributed by atoms with van der Waals surface area (Å²) in [7, 11) is 0. The number of nitrogens with one attached hydrogen (secondary N) is 5. The highest BCUT2D eigenvalue weighted by Crippen LogP contribution is 2.42. The predicted molar refractivity (Wildman–Crippen MR) is 240 cm³/mol. The van der Waals surface area contributed by atoms with Crippen LogP contribution in [0.15, 0.2) is 84.9 Å². The lowest BCUT2D eigenvalue weighted by Crippen LogP contribution is -2.47. The third-order valence-corrected chi connectivity index (χ3v) is 12.6. The maximum atomic E-state index is 13.9. The van der Waals surface area contributed by atoms with Crippen LogP contribution < -0.4 is 26.6 Å². The molecule has 1 heterocycles. The summed E-state index contributed by atoms with van der Waals surface area (Å²) in [6.45, 7) is 5.33. The largest absolute Gasteiger partial charge is 0.354 e. The Bertz CT molecular complexity index is 1880. The van der Waals surface area contributed by atoms with E-state index in [0.29, 0.717) is 43.5 Å². The van der Waals surface area contributed by atoms with E-state index in [1.807, 2.05) is 36.4 Å². The fraction of sp³-hybridized carbons (Fsp3) is 0.520. The van der Waals surface area contributed by atoms with E-state index >= 15 is 0 Å². The van der Waals surface area contributed by atoms with Crippen LogP contribution in [-0.4, -0.2) is 84.6 Å². The van der Waals surface area contributed by atoms with Crippen molar-refractivity contribution in [2.45, 2.75) is 127 Å². The van der Waals surface area contributed by atoms with Gasteiger partial charge in [-0.25, -0.2) is 0 Å². The molecule has 62 heavy (non-hydrogen) atoms. The van der Waals surface area contributed by atoms with Gasteiger partial charge in [0.2, 0.25) is 23.6 Å². The summed E-state index contributed by atoms with van der Waals surface area (Å²) in [5.41, 5.74) is 3.06. The highest BCUT2D eigenvalue weighted by atomic mass is 16.2. The van der Waals surface area contributed by atoms with Crippen molar-refractivity contribution >= 4 is 35.4 Å². The molecule has 2 saturated carbocycles. The fourth-order valence-electron chi connectivity index (χ4n) is 8.62. The van der Waals surface area contributed by atoms with Gasteiger partial charge in [0, 0.05) is 67.6 Å². The van der Waals surface area contributed by atoms with Crippen molar-refractivity contribution in [2.75, 3.05) is 26.2 Å². The second-order valence-electron chi connectivity index (χ2n) is 17.4. The summed E-state index contributed by atoms with van der Waals surface area (Å²) in [5, 5.41) is 15.1. The molecular weight excluding hydrogens is 781 g/mol. The molecule has 1 saturated heterocycles. The lowest BCUT2D eigenvalue weighted by molar-refractivity contribution is -0.133. The molecule has 1 aliphatic heterocycles. The van der Waals surface area contributed by atoms with Crippen molar-refractivity contribution in [1.29, 1.82) is 0 Å². The van der Waals surface area contributed by atoms with E-state index < -0.39 is 17.9 Å². The van der Waals surface area contributed by atoms with Gasteiger partial charge in [0.25, 0.3) is 11.8 Å². The average molecular weight is 847 g/mol. The van der Waals surface area contributed by atoms with Gasteiger partial charge in [0.1, 0.15) is 6.04 Å². The van der Waals surface area contributed by atoms with Crippen LogP contribution in [0.1, 0.15) is 141 Å². The summed E-state index contributed by atoms with van der Waals surface area (Å²) in [4.78, 5) is 82.1. The molecule has 12 nitrogen and oxygen atoms in total. The monoisotopic (exact) mass is 847 g/mol. The quantitative estimate of drug-likeness (QED) is 0.0657. The first-order valence-corrected chi connectivity index (χ1v) is 23.1. The number of hydrogen-bond acceptors (Lipinski definition) is 6. The molecule has 3 aromatic carbocycles. The molecule has 3 aliphatic rings. The van der Waals surface area contributed by atoms with Gasteiger partial charge in [0.15, 0.2) is 0 Å². The molecule has 7 atom stereocenters. The van der Waals surface area contributed by atoms with Crippen molar-refractivity contribution in [3.63, 3.8) is 0 Å². The molecule has 6 rings (SSSR count). The van der Waals surface area contributed by atoms with E-state index in [4.69, 9.17) is 0 Å². The van der Waals surface area contributed by atoms with Crippen molar-refractivity contribution in [2.24, 2.45) is 11.8 Å². The molecule has 0 radical (unpaired) electrons. The van der Waals surface area contributed by atoms with Gasteiger partial charge in [-0.1, -0.05) is 113 Å². The van der Waals surface area contributed by atoms with Crippen LogP contribution in [0.25, 0.3) is 0 Å². The molecule has 0 unspecified atom stereocenters. The molecule has 6 amide bonds. The van der Waals surface area contributed by atoms with Crippen molar-refractivity contribution in [1.82, 2.24) is 31.5 Å². The van der Waals surface area contributed by atoms with Crippen LogP contribution in [-0.2, 0) is 19.2 Å². The Morgan fingerprint density at radius 3 is 1.66 bits per heavy atom. The van der Waals surface area contributed by atoms with Crippen molar-refractivity contribution < 1.29 is 28.8 Å². The Hall–Kier alpha value is -5.52. The smallest absolute Gasteiger partial charge is 0.253 e. The van der Waals surface area contributed by atoms with Crippen LogP contribution in [0.5, 0.6) is 0 Å². The molecule has 2 aliphatic carbocycles. The highest BCUT2D eigenvalue weighted by molar-refractivity contribution is 5.99. The lowest BCUT2D eigenvalue weighted by Gasteiger charge is -2.19. The summed E-state index contributed by atoms with van der Waals surface area (Å²) in [6.07, 6.45) is 10.9. The molecule has 332 valence electrons. The maximum absolute atomic E-state index is 13.9. The first-order chi connectivity index (χ1) is 30.2. The molecule has 0 aromatic heterocycles. The number of hydrogen-bond donors (Lipinski definition) is 5. The van der Waals surface area contributed by atoms with Gasteiger partial charge < -0.3 is 31.5 Å². The van der Waals surface area contributed by atoms with E-state index in [1.54, 1.807) is 29.2 Å². The van der Waals surface area contributed by atoms with Crippen LogP contribution in [0.4, 0.5) is 0 Å². The number of carbonyl (C=O) groups is 6. The van der Waals surface area contributed by atoms with Crippen LogP contribution in [0.3, 0.4) is 0 Å². The van der Waals surface area contributed by atoms with E-state index in [1.165, 1.54) is 11.1 Å². The maximum Gasteiger partial charge on any atom is 0.253 e. The normalized spacial score (nSPS) is 21.6. The SMILES string of the molecule is CCCCCCNC(=O)[C@@H](CCCNC(=O)c1ccc(C(=O)N2C[C@@H](C(=O)N[C@H]3C[C@@H]3c3ccccc3)[C@H](C(=O)N[C@H]3C[C@@H]3c3ccccc3)C2)cc1)NC(=O)CCCCCC. The standard InChI is InChI=1S/C50H66N6O6/c1-3-5-7-15-23-45(57)53-42(49(61)52-28-16-8-6-4-2)22-17-29-51-46(58)36-24-26-37(27-25-36)50(62)56-32-40(47(59)54-43-30-38(43)34-18-11-9-12-19-34)41(33-56)48(60)55-44-31-39(44)35-20-13-10-14-21-35/h9-14,18-21,24-27,38-44H,3-8,15-17,22-23,28-33H2,1-2H3,(H,51,58)(H,52,61)(H,53,57)(H,54,59)(H,55,60)/t38-,39-,40-,41-,42-,43+,44+/m1/s1. The Kier molecular flexibility index (Phi) is 17.1. The number of carbonyl (C=O) groups excluding carboxylic acids is 6. The Morgan fingerprint density at radius 2 is 1.11 bits per heavy atom. The minimum Gasteiger partial charge on any atom is -0.354 e. The lowest BCUT2D eigenvalue weighted by atomic mass is 9.94. The van der Waals surface area contributed by atoms with Gasteiger partial charge in [-0.3, -0.25) is 28.8 Å². The first-order valence-electron chi connectivity index (χ1n) is 23.1. The molecule has 0 bridgehead atoms. The van der Waals surface area contributed by atoms with Gasteiger partial charge in [-0.2, -0.15) is 0 Å². The van der Waals surface area contributed by atoms with E-state index in [2.05, 4.69) is 64.7 Å². The molecule has 3 aromatic rings. The van der Waals surface area contributed by atoms with E-state index in [9.17, 15) is 28.8 Å². The number of unbranched alkanes of at least 4 members (excludes halogenated alkanes) is 6. The molecular formula is C50H66N6O6. The molecule has 5 N–H and O–H groups in total. The van der Waals surface area contributed by atoms with Gasteiger partial charge in [-0.05, 0) is 73.9 Å². The highest BCUT2D eigenvalue weighted by Gasteiger charge is 2.49.